The molecule has 3 heteroatoms. The molecule has 0 spiro atoms. The van der Waals surface area contributed by atoms with E-state index in [1.807, 2.05) is 0 Å². The highest BCUT2D eigenvalue weighted by molar-refractivity contribution is 7.09. The highest BCUT2D eigenvalue weighted by atomic mass is 32.1. The standard InChI is InChI=1S/C13H18N2S/c1-2-11-5-3-7-13(11,10-14)15-9-12-6-4-8-16-12/h4,6,8,11,15H,2-3,5,7,9H2,1H3. The Bertz CT molecular complexity index is 366. The molecule has 2 nitrogen and oxygen atoms in total. The highest BCUT2D eigenvalue weighted by Gasteiger charge is 2.41. The van der Waals surface area contributed by atoms with Gasteiger partial charge < -0.3 is 0 Å². The van der Waals surface area contributed by atoms with E-state index in [0.29, 0.717) is 5.92 Å². The van der Waals surface area contributed by atoms with E-state index in [-0.39, 0.29) is 5.54 Å². The van der Waals surface area contributed by atoms with Crippen molar-refractivity contribution in [3.05, 3.63) is 22.4 Å². The third kappa shape index (κ3) is 2.14. The van der Waals surface area contributed by atoms with Crippen molar-refractivity contribution in [2.24, 2.45) is 5.92 Å². The second-order valence-corrected chi connectivity index (χ2v) is 5.55. The van der Waals surface area contributed by atoms with Crippen LogP contribution in [0.3, 0.4) is 0 Å². The molecular formula is C13H18N2S. The first-order valence-corrected chi connectivity index (χ1v) is 6.87. The van der Waals surface area contributed by atoms with Crippen LogP contribution in [-0.4, -0.2) is 5.54 Å². The summed E-state index contributed by atoms with van der Waals surface area (Å²) in [6.45, 7) is 3.02. The van der Waals surface area contributed by atoms with Crippen molar-refractivity contribution in [2.75, 3.05) is 0 Å². The van der Waals surface area contributed by atoms with Gasteiger partial charge in [0.15, 0.2) is 0 Å². The summed E-state index contributed by atoms with van der Waals surface area (Å²) < 4.78 is 0. The van der Waals surface area contributed by atoms with Crippen molar-refractivity contribution < 1.29 is 0 Å². The molecule has 1 saturated carbocycles. The molecule has 2 unspecified atom stereocenters. The normalized spacial score (nSPS) is 29.1. The van der Waals surface area contributed by atoms with E-state index in [1.165, 1.54) is 17.7 Å². The predicted molar refractivity (Wildman–Crippen MR) is 67.1 cm³/mol. The molecule has 16 heavy (non-hydrogen) atoms. The Kier molecular flexibility index (Phi) is 3.63. The van der Waals surface area contributed by atoms with Gasteiger partial charge in [-0.25, -0.2) is 0 Å². The average Bonchev–Trinajstić information content (AvgIpc) is 2.96. The number of rotatable bonds is 4. The molecule has 2 atom stereocenters. The van der Waals surface area contributed by atoms with E-state index >= 15 is 0 Å². The molecule has 0 radical (unpaired) electrons. The van der Waals surface area contributed by atoms with Crippen molar-refractivity contribution >= 4 is 11.3 Å². The van der Waals surface area contributed by atoms with Gasteiger partial charge in [-0.3, -0.25) is 5.32 Å². The minimum Gasteiger partial charge on any atom is -0.294 e. The first-order chi connectivity index (χ1) is 7.80. The quantitative estimate of drug-likeness (QED) is 0.867. The van der Waals surface area contributed by atoms with Crippen molar-refractivity contribution in [2.45, 2.75) is 44.7 Å². The van der Waals surface area contributed by atoms with Gasteiger partial charge in [0.25, 0.3) is 0 Å². The van der Waals surface area contributed by atoms with Gasteiger partial charge in [0.05, 0.1) is 6.07 Å². The lowest BCUT2D eigenvalue weighted by Gasteiger charge is -2.29. The number of hydrogen-bond acceptors (Lipinski definition) is 3. The zero-order chi connectivity index (χ0) is 11.4. The maximum Gasteiger partial charge on any atom is 0.109 e. The maximum atomic E-state index is 9.44. The van der Waals surface area contributed by atoms with Crippen LogP contribution < -0.4 is 5.32 Å². The van der Waals surface area contributed by atoms with Crippen LogP contribution >= 0.6 is 11.3 Å². The zero-order valence-electron chi connectivity index (χ0n) is 9.70. The Morgan fingerprint density at radius 1 is 1.69 bits per heavy atom. The number of nitrogens with one attached hydrogen (secondary N) is 1. The van der Waals surface area contributed by atoms with Crippen LogP contribution in [0, 0.1) is 17.2 Å². The first kappa shape index (κ1) is 11.6. The Hall–Kier alpha value is -0.850. The molecule has 86 valence electrons. The SMILES string of the molecule is CCC1CCCC1(C#N)NCc1cccs1. The van der Waals surface area contributed by atoms with Crippen LogP contribution in [0.15, 0.2) is 17.5 Å². The second kappa shape index (κ2) is 4.99. The summed E-state index contributed by atoms with van der Waals surface area (Å²) in [5.74, 6) is 0.525. The molecule has 0 amide bonds. The third-order valence-corrected chi connectivity index (χ3v) is 4.55. The average molecular weight is 234 g/mol. The Morgan fingerprint density at radius 2 is 2.56 bits per heavy atom. The van der Waals surface area contributed by atoms with Gasteiger partial charge in [-0.05, 0) is 30.2 Å². The molecule has 1 aliphatic rings. The fraction of sp³-hybridized carbons (Fsp3) is 0.615. The van der Waals surface area contributed by atoms with Crippen LogP contribution in [0.2, 0.25) is 0 Å². The molecule has 0 aliphatic heterocycles. The van der Waals surface area contributed by atoms with Gasteiger partial charge in [0.1, 0.15) is 5.54 Å². The van der Waals surface area contributed by atoms with E-state index in [2.05, 4.69) is 35.8 Å². The molecule has 0 bridgehead atoms. The van der Waals surface area contributed by atoms with Gasteiger partial charge in [-0.1, -0.05) is 25.8 Å². The predicted octanol–water partition coefficient (Wildman–Crippen LogP) is 3.31. The number of hydrogen-bond donors (Lipinski definition) is 1. The fourth-order valence-electron chi connectivity index (χ4n) is 2.71. The van der Waals surface area contributed by atoms with Gasteiger partial charge in [-0.15, -0.1) is 11.3 Å². The molecule has 2 rings (SSSR count). The van der Waals surface area contributed by atoms with Crippen LogP contribution in [0.1, 0.15) is 37.5 Å². The van der Waals surface area contributed by atoms with Crippen LogP contribution in [-0.2, 0) is 6.54 Å². The summed E-state index contributed by atoms with van der Waals surface area (Å²) in [6, 6.07) is 6.72. The van der Waals surface area contributed by atoms with E-state index < -0.39 is 0 Å². The van der Waals surface area contributed by atoms with Crippen molar-refractivity contribution in [1.29, 1.82) is 5.26 Å². The lowest BCUT2D eigenvalue weighted by atomic mass is 9.86. The molecule has 1 aliphatic carbocycles. The van der Waals surface area contributed by atoms with E-state index in [4.69, 9.17) is 0 Å². The summed E-state index contributed by atoms with van der Waals surface area (Å²) in [5, 5.41) is 15.0. The molecule has 1 heterocycles. The van der Waals surface area contributed by atoms with Crippen molar-refractivity contribution in [3.63, 3.8) is 0 Å². The fourth-order valence-corrected chi connectivity index (χ4v) is 3.35. The summed E-state index contributed by atoms with van der Waals surface area (Å²) in [7, 11) is 0. The van der Waals surface area contributed by atoms with Crippen LogP contribution in [0.25, 0.3) is 0 Å². The van der Waals surface area contributed by atoms with Gasteiger partial charge in [0.2, 0.25) is 0 Å². The number of nitrogens with zero attached hydrogens (tertiary/aromatic N) is 1. The van der Waals surface area contributed by atoms with Gasteiger partial charge in [-0.2, -0.15) is 5.26 Å². The maximum absolute atomic E-state index is 9.44. The second-order valence-electron chi connectivity index (χ2n) is 4.51. The molecule has 0 aromatic carbocycles. The molecule has 1 N–H and O–H groups in total. The topological polar surface area (TPSA) is 35.8 Å². The molecular weight excluding hydrogens is 216 g/mol. The summed E-state index contributed by atoms with van der Waals surface area (Å²) in [4.78, 5) is 1.32. The molecule has 1 fully saturated rings. The number of thiophene rings is 1. The highest BCUT2D eigenvalue weighted by Crippen LogP contribution is 2.37. The molecule has 1 aromatic heterocycles. The Morgan fingerprint density at radius 3 is 3.19 bits per heavy atom. The largest absolute Gasteiger partial charge is 0.294 e. The monoisotopic (exact) mass is 234 g/mol. The summed E-state index contributed by atoms with van der Waals surface area (Å²) in [5.41, 5.74) is -0.265. The van der Waals surface area contributed by atoms with Gasteiger partial charge in [0, 0.05) is 11.4 Å². The Labute approximate surface area is 101 Å². The van der Waals surface area contributed by atoms with E-state index in [9.17, 15) is 5.26 Å². The molecule has 1 aromatic rings. The van der Waals surface area contributed by atoms with Crippen LogP contribution in [0.5, 0.6) is 0 Å². The zero-order valence-corrected chi connectivity index (χ0v) is 10.5. The van der Waals surface area contributed by atoms with Crippen molar-refractivity contribution in [1.82, 2.24) is 5.32 Å². The van der Waals surface area contributed by atoms with Crippen LogP contribution in [0.4, 0.5) is 0 Å². The minimum atomic E-state index is -0.265. The lowest BCUT2D eigenvalue weighted by molar-refractivity contribution is 0.308. The first-order valence-electron chi connectivity index (χ1n) is 5.99. The van der Waals surface area contributed by atoms with Crippen molar-refractivity contribution in [3.8, 4) is 6.07 Å². The molecule has 0 saturated heterocycles. The van der Waals surface area contributed by atoms with E-state index in [1.54, 1.807) is 11.3 Å². The Balaban J connectivity index is 2.02. The lowest BCUT2D eigenvalue weighted by Crippen LogP contribution is -2.46. The summed E-state index contributed by atoms with van der Waals surface area (Å²) in [6.07, 6.45) is 4.49. The smallest absolute Gasteiger partial charge is 0.109 e. The van der Waals surface area contributed by atoms with Gasteiger partial charge >= 0.3 is 0 Å². The number of nitriles is 1. The minimum absolute atomic E-state index is 0.265. The third-order valence-electron chi connectivity index (χ3n) is 3.67. The van der Waals surface area contributed by atoms with E-state index in [0.717, 1.165) is 19.4 Å². The summed E-state index contributed by atoms with van der Waals surface area (Å²) >= 11 is 1.75.